The largest absolute Gasteiger partial charge is 0.507 e. The van der Waals surface area contributed by atoms with Crippen LogP contribution in [0.1, 0.15) is 23.7 Å². The molecule has 0 saturated carbocycles. The van der Waals surface area contributed by atoms with Crippen LogP contribution in [0.4, 0.5) is 0 Å². The molecule has 5 rings (SSSR count). The number of para-hydroxylation sites is 1. The molecule has 1 aromatic heterocycles. The molecule has 2 aromatic carbocycles. The molecule has 2 aliphatic rings. The third-order valence-electron chi connectivity index (χ3n) is 5.99. The second-order valence-electron chi connectivity index (χ2n) is 7.70. The number of aromatic nitrogens is 1. The minimum absolute atomic E-state index is 0.0427. The van der Waals surface area contributed by atoms with E-state index >= 15 is 0 Å². The van der Waals surface area contributed by atoms with Gasteiger partial charge in [0.15, 0.2) is 5.54 Å². The number of phenolic OH excluding ortho intramolecular Hbond substituents is 1. The molecule has 1 atom stereocenters. The Morgan fingerprint density at radius 1 is 1.23 bits per heavy atom. The SMILES string of the molecule is C[C@@]12C(=O)N(N=Cc3cc(Br)ccc3O)CC(=O)N1CCc1c2[nH]c2ccccc12. The Morgan fingerprint density at radius 2 is 2.03 bits per heavy atom. The minimum atomic E-state index is -1.15. The first-order valence-electron chi connectivity index (χ1n) is 9.64. The molecule has 0 radical (unpaired) electrons. The summed E-state index contributed by atoms with van der Waals surface area (Å²) in [5, 5.41) is 16.6. The van der Waals surface area contributed by atoms with E-state index in [4.69, 9.17) is 0 Å². The van der Waals surface area contributed by atoms with Gasteiger partial charge in [-0.25, -0.2) is 5.01 Å². The maximum atomic E-state index is 13.6. The van der Waals surface area contributed by atoms with Crippen LogP contribution in [0, 0.1) is 0 Å². The monoisotopic (exact) mass is 466 g/mol. The third-order valence-corrected chi connectivity index (χ3v) is 6.48. The molecule has 152 valence electrons. The van der Waals surface area contributed by atoms with E-state index in [2.05, 4.69) is 26.0 Å². The standard InChI is InChI=1S/C22H19BrN4O3/c1-22-20-16(15-4-2-3-5-17(15)25-20)8-9-26(22)19(29)12-27(21(22)30)24-11-13-10-14(23)6-7-18(13)28/h2-7,10-11,25,28H,8-9,12H2,1H3/t22-/m1/s1. The number of halogens is 1. The summed E-state index contributed by atoms with van der Waals surface area (Å²) in [4.78, 5) is 31.5. The maximum absolute atomic E-state index is 13.6. The first-order valence-corrected chi connectivity index (χ1v) is 10.4. The van der Waals surface area contributed by atoms with E-state index in [1.54, 1.807) is 24.0 Å². The first kappa shape index (κ1) is 18.9. The molecule has 7 nitrogen and oxygen atoms in total. The van der Waals surface area contributed by atoms with Gasteiger partial charge in [-0.3, -0.25) is 9.59 Å². The zero-order valence-corrected chi connectivity index (χ0v) is 17.8. The average molecular weight is 467 g/mol. The zero-order chi connectivity index (χ0) is 21.0. The smallest absolute Gasteiger partial charge is 0.275 e. The summed E-state index contributed by atoms with van der Waals surface area (Å²) in [5.41, 5.74) is 2.07. The van der Waals surface area contributed by atoms with Gasteiger partial charge in [0.2, 0.25) is 5.91 Å². The van der Waals surface area contributed by atoms with Crippen molar-refractivity contribution < 1.29 is 14.7 Å². The van der Waals surface area contributed by atoms with Gasteiger partial charge in [0.1, 0.15) is 12.3 Å². The predicted molar refractivity (Wildman–Crippen MR) is 116 cm³/mol. The van der Waals surface area contributed by atoms with Gasteiger partial charge < -0.3 is 15.0 Å². The molecule has 0 unspecified atom stereocenters. The Labute approximate surface area is 181 Å². The summed E-state index contributed by atoms with van der Waals surface area (Å²) in [6.45, 7) is 2.13. The van der Waals surface area contributed by atoms with E-state index in [-0.39, 0.29) is 24.1 Å². The summed E-state index contributed by atoms with van der Waals surface area (Å²) in [5.74, 6) is -0.390. The van der Waals surface area contributed by atoms with Crippen LogP contribution in [0.3, 0.4) is 0 Å². The number of phenols is 1. The Hall–Kier alpha value is -3.13. The van der Waals surface area contributed by atoms with Crippen LogP contribution >= 0.6 is 15.9 Å². The van der Waals surface area contributed by atoms with Crippen molar-refractivity contribution in [3.05, 3.63) is 63.8 Å². The van der Waals surface area contributed by atoms with Crippen molar-refractivity contribution in [1.82, 2.24) is 14.9 Å². The molecular formula is C22H19BrN4O3. The lowest BCUT2D eigenvalue weighted by atomic mass is 9.83. The molecule has 2 aliphatic heterocycles. The van der Waals surface area contributed by atoms with Gasteiger partial charge in [0, 0.05) is 27.5 Å². The van der Waals surface area contributed by atoms with Gasteiger partial charge in [-0.2, -0.15) is 5.10 Å². The van der Waals surface area contributed by atoms with Gasteiger partial charge >= 0.3 is 0 Å². The number of nitrogens with zero attached hydrogens (tertiary/aromatic N) is 3. The van der Waals surface area contributed by atoms with Crippen molar-refractivity contribution in [3.63, 3.8) is 0 Å². The second kappa shape index (κ2) is 6.70. The number of hydrazone groups is 1. The number of nitrogens with one attached hydrogen (secondary N) is 1. The highest BCUT2D eigenvalue weighted by Gasteiger charge is 2.54. The quantitative estimate of drug-likeness (QED) is 0.568. The number of amides is 2. The third kappa shape index (κ3) is 2.67. The topological polar surface area (TPSA) is 89.0 Å². The van der Waals surface area contributed by atoms with Crippen LogP contribution in [0.5, 0.6) is 5.75 Å². The van der Waals surface area contributed by atoms with Gasteiger partial charge in [-0.05, 0) is 43.2 Å². The van der Waals surface area contributed by atoms with Gasteiger partial charge in [-0.1, -0.05) is 34.1 Å². The van der Waals surface area contributed by atoms with E-state index in [0.29, 0.717) is 18.5 Å². The number of H-pyrrole nitrogens is 1. The van der Waals surface area contributed by atoms with Gasteiger partial charge in [-0.15, -0.1) is 0 Å². The van der Waals surface area contributed by atoms with Crippen molar-refractivity contribution in [2.75, 3.05) is 13.1 Å². The molecule has 1 saturated heterocycles. The highest BCUT2D eigenvalue weighted by atomic mass is 79.9. The molecular weight excluding hydrogens is 448 g/mol. The molecule has 8 heteroatoms. The molecule has 0 aliphatic carbocycles. The van der Waals surface area contributed by atoms with Crippen molar-refractivity contribution in [1.29, 1.82) is 0 Å². The van der Waals surface area contributed by atoms with E-state index in [1.165, 1.54) is 17.3 Å². The Balaban J connectivity index is 1.57. The molecule has 2 amide bonds. The molecule has 1 fully saturated rings. The Bertz CT molecular complexity index is 1230. The molecule has 0 bridgehead atoms. The molecule has 2 N–H and O–H groups in total. The van der Waals surface area contributed by atoms with E-state index in [1.807, 2.05) is 24.3 Å². The number of aromatic hydroxyl groups is 1. The number of rotatable bonds is 2. The van der Waals surface area contributed by atoms with Crippen LogP contribution in [-0.4, -0.2) is 51.1 Å². The molecule has 3 aromatic rings. The van der Waals surface area contributed by atoms with Gasteiger partial charge in [0.25, 0.3) is 5.91 Å². The maximum Gasteiger partial charge on any atom is 0.275 e. The normalized spacial score (nSPS) is 21.4. The molecule has 3 heterocycles. The number of hydrogen-bond donors (Lipinski definition) is 2. The fourth-order valence-corrected chi connectivity index (χ4v) is 4.82. The van der Waals surface area contributed by atoms with E-state index < -0.39 is 5.54 Å². The van der Waals surface area contributed by atoms with Gasteiger partial charge in [0.05, 0.1) is 11.9 Å². The number of fused-ring (bicyclic) bond motifs is 5. The summed E-state index contributed by atoms with van der Waals surface area (Å²) in [7, 11) is 0. The highest BCUT2D eigenvalue weighted by molar-refractivity contribution is 9.10. The molecule has 0 spiro atoms. The number of benzene rings is 2. The lowest BCUT2D eigenvalue weighted by Crippen LogP contribution is -2.65. The molecule has 30 heavy (non-hydrogen) atoms. The summed E-state index contributed by atoms with van der Waals surface area (Å²) < 4.78 is 0.774. The van der Waals surface area contributed by atoms with E-state index in [0.717, 1.165) is 26.6 Å². The van der Waals surface area contributed by atoms with Crippen molar-refractivity contribution in [3.8, 4) is 5.75 Å². The zero-order valence-electron chi connectivity index (χ0n) is 16.2. The van der Waals surface area contributed by atoms with Crippen LogP contribution < -0.4 is 0 Å². The fourth-order valence-electron chi connectivity index (χ4n) is 4.44. The highest BCUT2D eigenvalue weighted by Crippen LogP contribution is 2.41. The summed E-state index contributed by atoms with van der Waals surface area (Å²) in [6, 6.07) is 12.9. The number of carbonyl (C=O) groups is 2. The predicted octanol–water partition coefficient (Wildman–Crippen LogP) is 3.11. The van der Waals surface area contributed by atoms with Crippen LogP contribution in [0.25, 0.3) is 10.9 Å². The van der Waals surface area contributed by atoms with Crippen LogP contribution in [0.15, 0.2) is 52.0 Å². The first-order chi connectivity index (χ1) is 14.4. The number of carbonyl (C=O) groups excluding carboxylic acids is 2. The van der Waals surface area contributed by atoms with E-state index in [9.17, 15) is 14.7 Å². The Morgan fingerprint density at radius 3 is 2.87 bits per heavy atom. The van der Waals surface area contributed by atoms with Crippen molar-refractivity contribution in [2.24, 2.45) is 5.10 Å². The lowest BCUT2D eigenvalue weighted by Gasteiger charge is -2.48. The Kier molecular flexibility index (Phi) is 4.21. The fraction of sp³-hybridized carbons (Fsp3) is 0.227. The minimum Gasteiger partial charge on any atom is -0.507 e. The summed E-state index contributed by atoms with van der Waals surface area (Å²) in [6.07, 6.45) is 2.10. The number of hydrogen-bond acceptors (Lipinski definition) is 4. The van der Waals surface area contributed by atoms with Crippen LogP contribution in [-0.2, 0) is 21.5 Å². The second-order valence-corrected chi connectivity index (χ2v) is 8.62. The van der Waals surface area contributed by atoms with Crippen molar-refractivity contribution in [2.45, 2.75) is 18.9 Å². The number of aromatic amines is 1. The lowest BCUT2D eigenvalue weighted by molar-refractivity contribution is -0.165. The average Bonchev–Trinajstić information content (AvgIpc) is 3.12. The number of piperazine rings is 1. The summed E-state index contributed by atoms with van der Waals surface area (Å²) >= 11 is 3.35. The van der Waals surface area contributed by atoms with Crippen LogP contribution in [0.2, 0.25) is 0 Å². The van der Waals surface area contributed by atoms with Crippen molar-refractivity contribution >= 4 is 44.9 Å².